The van der Waals surface area contributed by atoms with Crippen LogP contribution in [0.5, 0.6) is 11.5 Å². The van der Waals surface area contributed by atoms with Crippen LogP contribution in [0.2, 0.25) is 5.02 Å². The topological polar surface area (TPSA) is 67.8 Å². The van der Waals surface area contributed by atoms with Gasteiger partial charge in [0.1, 0.15) is 0 Å². The van der Waals surface area contributed by atoms with Crippen LogP contribution in [0.4, 0.5) is 0 Å². The van der Waals surface area contributed by atoms with Crippen molar-refractivity contribution in [3.63, 3.8) is 0 Å². The summed E-state index contributed by atoms with van der Waals surface area (Å²) in [5.74, 6) is 0.503. The van der Waals surface area contributed by atoms with Crippen molar-refractivity contribution in [1.29, 1.82) is 0 Å². The lowest BCUT2D eigenvalue weighted by molar-refractivity contribution is -0.127. The number of methoxy groups -OCH3 is 1. The molecule has 0 bridgehead atoms. The van der Waals surface area contributed by atoms with E-state index in [-0.39, 0.29) is 12.5 Å². The molecule has 112 valence electrons. The molecule has 0 spiro atoms. The van der Waals surface area contributed by atoms with Crippen LogP contribution in [0.25, 0.3) is 0 Å². The van der Waals surface area contributed by atoms with E-state index in [0.29, 0.717) is 28.6 Å². The smallest absolute Gasteiger partial charge is 0.260 e. The summed E-state index contributed by atoms with van der Waals surface area (Å²) in [5, 5.41) is 12.5. The standard InChI is InChI=1S/C14H20ClNO4/c1-4-5-16-14(18)9(2)20-13-10(8-17)6-11(15)7-12(13)19-3/h6-7,9,17H,4-5,8H2,1-3H3,(H,16,18). The third-order valence-corrected chi connectivity index (χ3v) is 2.92. The maximum atomic E-state index is 11.8. The lowest BCUT2D eigenvalue weighted by atomic mass is 10.2. The van der Waals surface area contributed by atoms with Gasteiger partial charge in [0.2, 0.25) is 0 Å². The molecule has 0 saturated heterocycles. The first-order valence-electron chi connectivity index (χ1n) is 6.45. The molecule has 0 radical (unpaired) electrons. The Morgan fingerprint density at radius 3 is 2.75 bits per heavy atom. The fraction of sp³-hybridized carbons (Fsp3) is 0.500. The molecule has 0 saturated carbocycles. The van der Waals surface area contributed by atoms with Gasteiger partial charge in [0.15, 0.2) is 17.6 Å². The van der Waals surface area contributed by atoms with Crippen LogP contribution in [0.1, 0.15) is 25.8 Å². The van der Waals surface area contributed by atoms with Crippen molar-refractivity contribution >= 4 is 17.5 Å². The number of hydrogen-bond acceptors (Lipinski definition) is 4. The molecule has 1 atom stereocenters. The van der Waals surface area contributed by atoms with E-state index in [2.05, 4.69) is 5.32 Å². The Labute approximate surface area is 123 Å². The molecule has 2 N–H and O–H groups in total. The zero-order chi connectivity index (χ0) is 15.1. The lowest BCUT2D eigenvalue weighted by Crippen LogP contribution is -2.36. The summed E-state index contributed by atoms with van der Waals surface area (Å²) in [4.78, 5) is 11.8. The number of rotatable bonds is 7. The first-order valence-corrected chi connectivity index (χ1v) is 6.82. The van der Waals surface area contributed by atoms with Gasteiger partial charge in [0, 0.05) is 23.2 Å². The Bertz CT molecular complexity index is 439. The van der Waals surface area contributed by atoms with E-state index < -0.39 is 6.10 Å². The van der Waals surface area contributed by atoms with Crippen molar-refractivity contribution in [3.05, 3.63) is 22.7 Å². The minimum absolute atomic E-state index is 0.215. The summed E-state index contributed by atoms with van der Waals surface area (Å²) in [6.45, 7) is 3.95. The van der Waals surface area contributed by atoms with Gasteiger partial charge in [0.05, 0.1) is 13.7 Å². The number of carbonyl (C=O) groups excluding carboxylic acids is 1. The summed E-state index contributed by atoms with van der Waals surface area (Å²) >= 11 is 5.92. The van der Waals surface area contributed by atoms with Gasteiger partial charge in [0.25, 0.3) is 5.91 Å². The quantitative estimate of drug-likeness (QED) is 0.809. The number of hydrogen-bond donors (Lipinski definition) is 2. The van der Waals surface area contributed by atoms with E-state index in [0.717, 1.165) is 6.42 Å². The molecule has 1 unspecified atom stereocenters. The molecule has 0 aliphatic carbocycles. The van der Waals surface area contributed by atoms with Crippen LogP contribution < -0.4 is 14.8 Å². The minimum Gasteiger partial charge on any atom is -0.493 e. The third kappa shape index (κ3) is 4.28. The molecular weight excluding hydrogens is 282 g/mol. The van der Waals surface area contributed by atoms with Crippen LogP contribution in [-0.4, -0.2) is 30.8 Å². The van der Waals surface area contributed by atoms with Crippen molar-refractivity contribution < 1.29 is 19.4 Å². The molecule has 0 aromatic heterocycles. The Kier molecular flexibility index (Phi) is 6.61. The predicted molar refractivity (Wildman–Crippen MR) is 77.3 cm³/mol. The minimum atomic E-state index is -0.693. The summed E-state index contributed by atoms with van der Waals surface area (Å²) in [7, 11) is 1.47. The largest absolute Gasteiger partial charge is 0.493 e. The van der Waals surface area contributed by atoms with Crippen LogP contribution in [0.3, 0.4) is 0 Å². The molecule has 1 aromatic rings. The number of aliphatic hydroxyl groups is 1. The molecule has 20 heavy (non-hydrogen) atoms. The van der Waals surface area contributed by atoms with Gasteiger partial charge in [-0.1, -0.05) is 18.5 Å². The number of aliphatic hydroxyl groups excluding tert-OH is 1. The SMILES string of the molecule is CCCNC(=O)C(C)Oc1c(CO)cc(Cl)cc1OC. The van der Waals surface area contributed by atoms with Crippen molar-refractivity contribution in [3.8, 4) is 11.5 Å². The monoisotopic (exact) mass is 301 g/mol. The van der Waals surface area contributed by atoms with E-state index in [1.807, 2.05) is 6.92 Å². The zero-order valence-corrected chi connectivity index (χ0v) is 12.7. The number of amides is 1. The fourth-order valence-electron chi connectivity index (χ4n) is 1.65. The first-order chi connectivity index (χ1) is 9.53. The number of carbonyl (C=O) groups is 1. The fourth-order valence-corrected chi connectivity index (χ4v) is 1.88. The number of benzene rings is 1. The van der Waals surface area contributed by atoms with E-state index >= 15 is 0 Å². The summed E-state index contributed by atoms with van der Waals surface area (Å²) in [6, 6.07) is 3.16. The Balaban J connectivity index is 2.92. The average molecular weight is 302 g/mol. The highest BCUT2D eigenvalue weighted by atomic mass is 35.5. The second-order valence-corrected chi connectivity index (χ2v) is 4.74. The molecule has 0 fully saturated rings. The van der Waals surface area contributed by atoms with Gasteiger partial charge >= 0.3 is 0 Å². The number of ether oxygens (including phenoxy) is 2. The van der Waals surface area contributed by atoms with Gasteiger partial charge in [-0.2, -0.15) is 0 Å². The molecule has 0 heterocycles. The molecule has 0 aliphatic rings. The highest BCUT2D eigenvalue weighted by molar-refractivity contribution is 6.30. The van der Waals surface area contributed by atoms with Crippen molar-refractivity contribution in [1.82, 2.24) is 5.32 Å². The van der Waals surface area contributed by atoms with Crippen LogP contribution in [-0.2, 0) is 11.4 Å². The Morgan fingerprint density at radius 1 is 1.50 bits per heavy atom. The Morgan fingerprint density at radius 2 is 2.20 bits per heavy atom. The Hall–Kier alpha value is -1.46. The predicted octanol–water partition coefficient (Wildman–Crippen LogP) is 2.13. The molecule has 5 nitrogen and oxygen atoms in total. The molecule has 1 aromatic carbocycles. The first kappa shape index (κ1) is 16.6. The van der Waals surface area contributed by atoms with Crippen LogP contribution in [0.15, 0.2) is 12.1 Å². The normalized spacial score (nSPS) is 11.8. The van der Waals surface area contributed by atoms with Crippen molar-refractivity contribution in [2.45, 2.75) is 33.0 Å². The molecule has 6 heteroatoms. The second-order valence-electron chi connectivity index (χ2n) is 4.31. The highest BCUT2D eigenvalue weighted by Crippen LogP contribution is 2.35. The molecular formula is C14H20ClNO4. The average Bonchev–Trinajstić information content (AvgIpc) is 2.45. The van der Waals surface area contributed by atoms with Gasteiger partial charge in [-0.25, -0.2) is 0 Å². The maximum Gasteiger partial charge on any atom is 0.260 e. The lowest BCUT2D eigenvalue weighted by Gasteiger charge is -2.19. The van der Waals surface area contributed by atoms with Crippen molar-refractivity contribution in [2.75, 3.05) is 13.7 Å². The molecule has 0 aliphatic heterocycles. The van der Waals surface area contributed by atoms with Crippen LogP contribution >= 0.6 is 11.6 Å². The molecule has 1 amide bonds. The second kappa shape index (κ2) is 7.97. The molecule has 1 rings (SSSR count). The zero-order valence-electron chi connectivity index (χ0n) is 11.9. The summed E-state index contributed by atoms with van der Waals surface area (Å²) < 4.78 is 10.8. The van der Waals surface area contributed by atoms with Gasteiger partial charge in [-0.3, -0.25) is 4.79 Å². The van der Waals surface area contributed by atoms with Gasteiger partial charge in [-0.15, -0.1) is 0 Å². The van der Waals surface area contributed by atoms with Crippen molar-refractivity contribution in [2.24, 2.45) is 0 Å². The van der Waals surface area contributed by atoms with E-state index in [1.54, 1.807) is 19.1 Å². The third-order valence-electron chi connectivity index (χ3n) is 2.70. The highest BCUT2D eigenvalue weighted by Gasteiger charge is 2.19. The maximum absolute atomic E-state index is 11.8. The van der Waals surface area contributed by atoms with E-state index in [9.17, 15) is 9.90 Å². The van der Waals surface area contributed by atoms with Gasteiger partial charge < -0.3 is 19.9 Å². The summed E-state index contributed by atoms with van der Waals surface area (Å²) in [6.07, 6.45) is 0.159. The van der Waals surface area contributed by atoms with E-state index in [1.165, 1.54) is 7.11 Å². The number of halogens is 1. The van der Waals surface area contributed by atoms with Crippen LogP contribution in [0, 0.1) is 0 Å². The van der Waals surface area contributed by atoms with Gasteiger partial charge in [-0.05, 0) is 19.4 Å². The summed E-state index contributed by atoms with van der Waals surface area (Å²) in [5.41, 5.74) is 0.476. The van der Waals surface area contributed by atoms with E-state index in [4.69, 9.17) is 21.1 Å². The number of nitrogens with one attached hydrogen (secondary N) is 1.